The summed E-state index contributed by atoms with van der Waals surface area (Å²) in [6, 6.07) is 3.82. The van der Waals surface area contributed by atoms with E-state index in [0.29, 0.717) is 18.3 Å². The molecule has 0 spiro atoms. The van der Waals surface area contributed by atoms with Gasteiger partial charge in [0.1, 0.15) is 11.9 Å². The Morgan fingerprint density at radius 2 is 2.31 bits per heavy atom. The van der Waals surface area contributed by atoms with Crippen LogP contribution < -0.4 is 5.73 Å². The van der Waals surface area contributed by atoms with Crippen LogP contribution in [0.2, 0.25) is 0 Å². The maximum Gasteiger partial charge on any atom is 0.123 e. The summed E-state index contributed by atoms with van der Waals surface area (Å²) in [5, 5.41) is 0. The Bertz CT molecular complexity index is 323. The van der Waals surface area contributed by atoms with Gasteiger partial charge in [-0.1, -0.05) is 19.9 Å². The Morgan fingerprint density at radius 1 is 1.54 bits per heavy atom. The van der Waals surface area contributed by atoms with Crippen LogP contribution in [-0.2, 0) is 11.3 Å². The van der Waals surface area contributed by atoms with Gasteiger partial charge in [-0.15, -0.1) is 0 Å². The highest BCUT2D eigenvalue weighted by Gasteiger charge is 2.27. The predicted molar refractivity (Wildman–Crippen MR) is 51.0 cm³/mol. The van der Waals surface area contributed by atoms with Gasteiger partial charge in [0.2, 0.25) is 0 Å². The summed E-state index contributed by atoms with van der Waals surface area (Å²) in [4.78, 5) is 4.31. The molecule has 2 N–H and O–H groups in total. The molecule has 13 heavy (non-hydrogen) atoms. The second kappa shape index (κ2) is 3.00. The number of ether oxygens (including phenoxy) is 1. The molecule has 0 bridgehead atoms. The molecule has 1 atom stereocenters. The zero-order chi connectivity index (χ0) is 9.42. The third-order valence-corrected chi connectivity index (χ3v) is 2.33. The Morgan fingerprint density at radius 3 is 3.00 bits per heavy atom. The summed E-state index contributed by atoms with van der Waals surface area (Å²) >= 11 is 0. The second-order valence-corrected chi connectivity index (χ2v) is 3.76. The molecular weight excluding hydrogens is 164 g/mol. The molecule has 0 fully saturated rings. The number of fused-ring (bicyclic) bond motifs is 1. The lowest BCUT2D eigenvalue weighted by Gasteiger charge is -2.13. The topological polar surface area (TPSA) is 48.1 Å². The molecule has 1 unspecified atom stereocenters. The molecule has 0 aromatic carbocycles. The maximum atomic E-state index is 5.63. The van der Waals surface area contributed by atoms with E-state index in [9.17, 15) is 0 Å². The Kier molecular flexibility index (Phi) is 1.96. The van der Waals surface area contributed by atoms with Gasteiger partial charge in [-0.3, -0.25) is 0 Å². The fourth-order valence-corrected chi connectivity index (χ4v) is 1.65. The Hall–Kier alpha value is -1.09. The molecule has 1 aliphatic rings. The van der Waals surface area contributed by atoms with E-state index in [0.717, 1.165) is 5.69 Å². The number of nitrogen functional groups attached to an aromatic ring is 1. The van der Waals surface area contributed by atoms with E-state index in [-0.39, 0.29) is 6.10 Å². The predicted octanol–water partition coefficient (Wildman–Crippen LogP) is 1.89. The van der Waals surface area contributed by atoms with Crippen molar-refractivity contribution in [2.75, 3.05) is 5.73 Å². The van der Waals surface area contributed by atoms with Gasteiger partial charge in [0, 0.05) is 5.56 Å². The normalized spacial score (nSPS) is 20.7. The fourth-order valence-electron chi connectivity index (χ4n) is 1.65. The number of pyridine rings is 1. The van der Waals surface area contributed by atoms with Crippen LogP contribution >= 0.6 is 0 Å². The molecule has 0 radical (unpaired) electrons. The SMILES string of the molecule is CC(C)C1OCc2ccc(N)nc21. The van der Waals surface area contributed by atoms with Gasteiger partial charge >= 0.3 is 0 Å². The number of nitrogens with zero attached hydrogens (tertiary/aromatic N) is 1. The van der Waals surface area contributed by atoms with Crippen LogP contribution in [0.3, 0.4) is 0 Å². The molecule has 70 valence electrons. The van der Waals surface area contributed by atoms with Gasteiger partial charge in [0.25, 0.3) is 0 Å². The first-order chi connectivity index (χ1) is 6.18. The molecule has 1 aromatic heterocycles. The summed E-state index contributed by atoms with van der Waals surface area (Å²) in [5.41, 5.74) is 7.82. The minimum atomic E-state index is 0.124. The van der Waals surface area contributed by atoms with E-state index in [2.05, 4.69) is 18.8 Å². The lowest BCUT2D eigenvalue weighted by molar-refractivity contribution is 0.0323. The first-order valence-electron chi connectivity index (χ1n) is 4.55. The quantitative estimate of drug-likeness (QED) is 0.714. The van der Waals surface area contributed by atoms with Crippen molar-refractivity contribution < 1.29 is 4.74 Å². The highest BCUT2D eigenvalue weighted by atomic mass is 16.5. The van der Waals surface area contributed by atoms with E-state index in [1.807, 2.05) is 12.1 Å². The minimum Gasteiger partial charge on any atom is -0.384 e. The molecular formula is C10H14N2O. The van der Waals surface area contributed by atoms with Crippen LogP contribution in [0.1, 0.15) is 31.2 Å². The third-order valence-electron chi connectivity index (χ3n) is 2.33. The number of hydrogen-bond donors (Lipinski definition) is 1. The number of nitrogens with two attached hydrogens (primary N) is 1. The molecule has 3 nitrogen and oxygen atoms in total. The van der Waals surface area contributed by atoms with Gasteiger partial charge in [-0.25, -0.2) is 4.98 Å². The van der Waals surface area contributed by atoms with E-state index in [1.165, 1.54) is 5.56 Å². The smallest absolute Gasteiger partial charge is 0.123 e. The third kappa shape index (κ3) is 1.40. The van der Waals surface area contributed by atoms with Crippen LogP contribution in [0.4, 0.5) is 5.82 Å². The zero-order valence-electron chi connectivity index (χ0n) is 7.95. The molecule has 0 saturated carbocycles. The van der Waals surface area contributed by atoms with Gasteiger partial charge < -0.3 is 10.5 Å². The van der Waals surface area contributed by atoms with Crippen molar-refractivity contribution in [3.63, 3.8) is 0 Å². The van der Waals surface area contributed by atoms with Crippen molar-refractivity contribution in [2.45, 2.75) is 26.6 Å². The van der Waals surface area contributed by atoms with Crippen LogP contribution in [0, 0.1) is 5.92 Å². The monoisotopic (exact) mass is 178 g/mol. The molecule has 0 saturated heterocycles. The molecule has 0 amide bonds. The molecule has 2 rings (SSSR count). The number of hydrogen-bond acceptors (Lipinski definition) is 3. The number of anilines is 1. The van der Waals surface area contributed by atoms with Crippen molar-refractivity contribution in [1.82, 2.24) is 4.98 Å². The molecule has 0 aliphatic carbocycles. The first kappa shape index (κ1) is 8.51. The van der Waals surface area contributed by atoms with Gasteiger partial charge in [0.15, 0.2) is 0 Å². The summed E-state index contributed by atoms with van der Waals surface area (Å²) in [6.07, 6.45) is 0.124. The molecule has 2 heterocycles. The lowest BCUT2D eigenvalue weighted by Crippen LogP contribution is -2.07. The summed E-state index contributed by atoms with van der Waals surface area (Å²) in [7, 11) is 0. The lowest BCUT2D eigenvalue weighted by atomic mass is 10.0. The fraction of sp³-hybridized carbons (Fsp3) is 0.500. The van der Waals surface area contributed by atoms with Crippen molar-refractivity contribution in [1.29, 1.82) is 0 Å². The van der Waals surface area contributed by atoms with E-state index >= 15 is 0 Å². The standard InChI is InChI=1S/C10H14N2O/c1-6(2)10-9-7(5-13-10)3-4-8(11)12-9/h3-4,6,10H,5H2,1-2H3,(H2,11,12). The maximum absolute atomic E-state index is 5.63. The highest BCUT2D eigenvalue weighted by Crippen LogP contribution is 2.34. The Labute approximate surface area is 77.9 Å². The van der Waals surface area contributed by atoms with Gasteiger partial charge in [-0.2, -0.15) is 0 Å². The van der Waals surface area contributed by atoms with Crippen LogP contribution in [0.15, 0.2) is 12.1 Å². The summed E-state index contributed by atoms with van der Waals surface area (Å²) < 4.78 is 5.62. The number of aromatic nitrogens is 1. The second-order valence-electron chi connectivity index (χ2n) is 3.76. The van der Waals surface area contributed by atoms with E-state index in [4.69, 9.17) is 10.5 Å². The largest absolute Gasteiger partial charge is 0.384 e. The minimum absolute atomic E-state index is 0.124. The molecule has 3 heteroatoms. The van der Waals surface area contributed by atoms with Crippen LogP contribution in [0.5, 0.6) is 0 Å². The van der Waals surface area contributed by atoms with Crippen molar-refractivity contribution in [3.8, 4) is 0 Å². The summed E-state index contributed by atoms with van der Waals surface area (Å²) in [6.45, 7) is 4.93. The zero-order valence-corrected chi connectivity index (χ0v) is 7.95. The molecule has 1 aromatic rings. The number of rotatable bonds is 1. The van der Waals surface area contributed by atoms with Crippen LogP contribution in [0.25, 0.3) is 0 Å². The van der Waals surface area contributed by atoms with Crippen LogP contribution in [-0.4, -0.2) is 4.98 Å². The Balaban J connectivity index is 2.40. The van der Waals surface area contributed by atoms with E-state index < -0.39 is 0 Å². The van der Waals surface area contributed by atoms with Crippen molar-refractivity contribution in [2.24, 2.45) is 5.92 Å². The van der Waals surface area contributed by atoms with Crippen molar-refractivity contribution in [3.05, 3.63) is 23.4 Å². The average Bonchev–Trinajstić information content (AvgIpc) is 2.46. The highest BCUT2D eigenvalue weighted by molar-refractivity contribution is 5.36. The average molecular weight is 178 g/mol. The first-order valence-corrected chi connectivity index (χ1v) is 4.55. The van der Waals surface area contributed by atoms with Gasteiger partial charge in [0.05, 0.1) is 12.3 Å². The molecule has 1 aliphatic heterocycles. The summed E-state index contributed by atoms with van der Waals surface area (Å²) in [5.74, 6) is 1.03. The van der Waals surface area contributed by atoms with E-state index in [1.54, 1.807) is 0 Å². The van der Waals surface area contributed by atoms with Crippen molar-refractivity contribution >= 4 is 5.82 Å². The van der Waals surface area contributed by atoms with Gasteiger partial charge in [-0.05, 0) is 12.0 Å².